The molecule has 1 aromatic carbocycles. The van der Waals surface area contributed by atoms with E-state index in [0.29, 0.717) is 21.6 Å². The van der Waals surface area contributed by atoms with E-state index in [2.05, 4.69) is 15.4 Å². The molecule has 0 unspecified atom stereocenters. The lowest BCUT2D eigenvalue weighted by Crippen LogP contribution is -2.09. The number of nitrogens with two attached hydrogens (primary N) is 1. The van der Waals surface area contributed by atoms with Gasteiger partial charge in [-0.3, -0.25) is 4.98 Å². The van der Waals surface area contributed by atoms with E-state index in [-0.39, 0.29) is 5.88 Å². The van der Waals surface area contributed by atoms with Gasteiger partial charge in [-0.05, 0) is 12.1 Å². The number of hydrogen-bond donors (Lipinski definition) is 2. The number of benzene rings is 1. The largest absolute Gasteiger partial charge is 0.436 e. The molecule has 1 aromatic heterocycles. The summed E-state index contributed by atoms with van der Waals surface area (Å²) in [5.41, 5.74) is 2.37. The molecule has 0 spiro atoms. The fourth-order valence-electron chi connectivity index (χ4n) is 1.13. The molecule has 0 atom stereocenters. The molecule has 88 valence electrons. The number of hydrazine groups is 1. The maximum Gasteiger partial charge on any atom is 0.239 e. The van der Waals surface area contributed by atoms with Gasteiger partial charge in [-0.2, -0.15) is 4.98 Å². The zero-order valence-corrected chi connectivity index (χ0v) is 10.0. The van der Waals surface area contributed by atoms with E-state index in [0.717, 1.165) is 0 Å². The molecule has 5 nitrogen and oxygen atoms in total. The van der Waals surface area contributed by atoms with Crippen LogP contribution >= 0.6 is 23.2 Å². The maximum absolute atomic E-state index is 5.95. The van der Waals surface area contributed by atoms with E-state index >= 15 is 0 Å². The number of hydrogen-bond acceptors (Lipinski definition) is 5. The van der Waals surface area contributed by atoms with Gasteiger partial charge in [0.05, 0.1) is 17.4 Å². The van der Waals surface area contributed by atoms with Crippen molar-refractivity contribution in [2.45, 2.75) is 0 Å². The number of aromatic nitrogens is 2. The van der Waals surface area contributed by atoms with Crippen LogP contribution in [0.15, 0.2) is 30.6 Å². The molecule has 0 fully saturated rings. The molecule has 0 aliphatic rings. The second kappa shape index (κ2) is 5.18. The Morgan fingerprint density at radius 1 is 1.24 bits per heavy atom. The Morgan fingerprint density at radius 3 is 2.82 bits per heavy atom. The smallest absolute Gasteiger partial charge is 0.239 e. The first kappa shape index (κ1) is 11.9. The average Bonchev–Trinajstić information content (AvgIpc) is 2.34. The molecule has 3 N–H and O–H groups in total. The number of rotatable bonds is 3. The Bertz CT molecular complexity index is 535. The van der Waals surface area contributed by atoms with Crippen molar-refractivity contribution in [3.8, 4) is 11.6 Å². The maximum atomic E-state index is 5.95. The Morgan fingerprint density at radius 2 is 2.06 bits per heavy atom. The van der Waals surface area contributed by atoms with Crippen LogP contribution in [-0.2, 0) is 0 Å². The highest BCUT2D eigenvalue weighted by Gasteiger charge is 2.06. The van der Waals surface area contributed by atoms with Crippen LogP contribution in [0.3, 0.4) is 0 Å². The highest BCUT2D eigenvalue weighted by atomic mass is 35.5. The van der Waals surface area contributed by atoms with Crippen molar-refractivity contribution in [3.05, 3.63) is 40.6 Å². The van der Waals surface area contributed by atoms with Crippen LogP contribution in [-0.4, -0.2) is 9.97 Å². The molecule has 17 heavy (non-hydrogen) atoms. The molecule has 1 heterocycles. The normalized spacial score (nSPS) is 10.1. The van der Waals surface area contributed by atoms with E-state index < -0.39 is 0 Å². The number of nitrogen functional groups attached to an aromatic ring is 1. The summed E-state index contributed by atoms with van der Waals surface area (Å²) < 4.78 is 5.45. The SMILES string of the molecule is NNc1cncc(Oc2cc(Cl)ccc2Cl)n1. The van der Waals surface area contributed by atoms with Gasteiger partial charge in [-0.1, -0.05) is 23.2 Å². The summed E-state index contributed by atoms with van der Waals surface area (Å²) >= 11 is 11.8. The molecule has 0 bridgehead atoms. The zero-order valence-electron chi connectivity index (χ0n) is 8.52. The van der Waals surface area contributed by atoms with E-state index in [9.17, 15) is 0 Å². The van der Waals surface area contributed by atoms with Crippen LogP contribution in [0.4, 0.5) is 5.82 Å². The van der Waals surface area contributed by atoms with Crippen molar-refractivity contribution < 1.29 is 4.74 Å². The average molecular weight is 271 g/mol. The van der Waals surface area contributed by atoms with Gasteiger partial charge in [-0.25, -0.2) is 5.84 Å². The monoisotopic (exact) mass is 270 g/mol. The summed E-state index contributed by atoms with van der Waals surface area (Å²) in [5, 5.41) is 0.952. The third-order valence-corrected chi connectivity index (χ3v) is 2.42. The van der Waals surface area contributed by atoms with E-state index in [1.54, 1.807) is 18.2 Å². The molecule has 2 aromatic rings. The number of nitrogens with zero attached hydrogens (tertiary/aromatic N) is 2. The van der Waals surface area contributed by atoms with Gasteiger partial charge in [0.1, 0.15) is 5.75 Å². The van der Waals surface area contributed by atoms with Gasteiger partial charge in [0.2, 0.25) is 5.88 Å². The first-order valence-electron chi connectivity index (χ1n) is 4.60. The summed E-state index contributed by atoms with van der Waals surface area (Å²) in [7, 11) is 0. The second-order valence-electron chi connectivity index (χ2n) is 3.06. The Balaban J connectivity index is 2.27. The van der Waals surface area contributed by atoms with Crippen LogP contribution < -0.4 is 16.0 Å². The molecular weight excluding hydrogens is 263 g/mol. The van der Waals surface area contributed by atoms with Crippen molar-refractivity contribution in [1.29, 1.82) is 0 Å². The number of ether oxygens (including phenoxy) is 1. The fraction of sp³-hybridized carbons (Fsp3) is 0. The first-order valence-corrected chi connectivity index (χ1v) is 5.36. The topological polar surface area (TPSA) is 73.1 Å². The predicted molar refractivity (Wildman–Crippen MR) is 66.4 cm³/mol. The predicted octanol–water partition coefficient (Wildman–Crippen LogP) is 2.86. The van der Waals surface area contributed by atoms with Crippen molar-refractivity contribution in [3.63, 3.8) is 0 Å². The highest BCUT2D eigenvalue weighted by molar-refractivity contribution is 6.34. The fourth-order valence-corrected chi connectivity index (χ4v) is 1.45. The Hall–Kier alpha value is -1.56. The van der Waals surface area contributed by atoms with Gasteiger partial charge in [0.25, 0.3) is 0 Å². The quantitative estimate of drug-likeness (QED) is 0.663. The van der Waals surface area contributed by atoms with Crippen molar-refractivity contribution in [2.24, 2.45) is 5.84 Å². The van der Waals surface area contributed by atoms with Crippen LogP contribution in [0.2, 0.25) is 10.0 Å². The molecule has 0 radical (unpaired) electrons. The molecule has 0 amide bonds. The molecule has 7 heteroatoms. The van der Waals surface area contributed by atoms with Gasteiger partial charge >= 0.3 is 0 Å². The van der Waals surface area contributed by atoms with Crippen LogP contribution in [0, 0.1) is 0 Å². The van der Waals surface area contributed by atoms with Gasteiger partial charge in [-0.15, -0.1) is 0 Å². The number of nitrogens with one attached hydrogen (secondary N) is 1. The molecule has 0 aliphatic carbocycles. The lowest BCUT2D eigenvalue weighted by Gasteiger charge is -2.07. The van der Waals surface area contributed by atoms with Crippen molar-refractivity contribution in [1.82, 2.24) is 9.97 Å². The Kier molecular flexibility index (Phi) is 3.63. The summed E-state index contributed by atoms with van der Waals surface area (Å²) in [6.45, 7) is 0. The first-order chi connectivity index (χ1) is 8.19. The standard InChI is InChI=1S/C10H8Cl2N4O/c11-6-1-2-7(12)8(3-6)17-10-5-14-4-9(15-10)16-13/h1-5H,13H2,(H,15,16). The molecule has 0 saturated heterocycles. The zero-order chi connectivity index (χ0) is 12.3. The summed E-state index contributed by atoms with van der Waals surface area (Å²) in [5.74, 6) is 6.27. The summed E-state index contributed by atoms with van der Waals surface area (Å²) in [6, 6.07) is 4.89. The lowest BCUT2D eigenvalue weighted by molar-refractivity contribution is 0.461. The minimum atomic E-state index is 0.268. The minimum absolute atomic E-state index is 0.268. The van der Waals surface area contributed by atoms with Crippen LogP contribution in [0.25, 0.3) is 0 Å². The Labute approximate surface area is 108 Å². The molecular formula is C10H8Cl2N4O. The van der Waals surface area contributed by atoms with Gasteiger partial charge in [0.15, 0.2) is 5.82 Å². The second-order valence-corrected chi connectivity index (χ2v) is 3.91. The summed E-state index contributed by atoms with van der Waals surface area (Å²) in [6.07, 6.45) is 2.91. The molecule has 0 aliphatic heterocycles. The summed E-state index contributed by atoms with van der Waals surface area (Å²) in [4.78, 5) is 7.93. The van der Waals surface area contributed by atoms with Crippen LogP contribution in [0.5, 0.6) is 11.6 Å². The van der Waals surface area contributed by atoms with E-state index in [4.69, 9.17) is 33.8 Å². The van der Waals surface area contributed by atoms with Gasteiger partial charge < -0.3 is 10.2 Å². The highest BCUT2D eigenvalue weighted by Crippen LogP contribution is 2.30. The molecule has 0 saturated carbocycles. The van der Waals surface area contributed by atoms with E-state index in [1.165, 1.54) is 12.4 Å². The van der Waals surface area contributed by atoms with Crippen molar-refractivity contribution in [2.75, 3.05) is 5.43 Å². The third kappa shape index (κ3) is 2.97. The van der Waals surface area contributed by atoms with E-state index in [1.807, 2.05) is 0 Å². The van der Waals surface area contributed by atoms with Crippen LogP contribution in [0.1, 0.15) is 0 Å². The number of halogens is 2. The third-order valence-electron chi connectivity index (χ3n) is 1.87. The minimum Gasteiger partial charge on any atom is -0.436 e. The lowest BCUT2D eigenvalue weighted by atomic mass is 10.3. The van der Waals surface area contributed by atoms with Crippen molar-refractivity contribution >= 4 is 29.0 Å². The molecule has 2 rings (SSSR count). The number of anilines is 1. The van der Waals surface area contributed by atoms with Gasteiger partial charge in [0, 0.05) is 11.1 Å².